The third-order valence-electron chi connectivity index (χ3n) is 4.13. The van der Waals surface area contributed by atoms with Gasteiger partial charge in [-0.15, -0.1) is 0 Å². The van der Waals surface area contributed by atoms with Crippen molar-refractivity contribution in [2.75, 3.05) is 11.9 Å². The average Bonchev–Trinajstić information content (AvgIpc) is 2.77. The van der Waals surface area contributed by atoms with E-state index in [9.17, 15) is 19.7 Å². The Morgan fingerprint density at radius 3 is 2.43 bits per heavy atom. The fraction of sp³-hybridized carbons (Fsp3) is 0.0909. The zero-order valence-electron chi connectivity index (χ0n) is 15.9. The molecule has 0 saturated heterocycles. The third kappa shape index (κ3) is 5.65. The molecule has 2 N–H and O–H groups in total. The van der Waals surface area contributed by atoms with Crippen LogP contribution in [0, 0.1) is 10.1 Å². The third-order valence-corrected chi connectivity index (χ3v) is 4.13. The molecule has 30 heavy (non-hydrogen) atoms. The molecule has 0 unspecified atom stereocenters. The summed E-state index contributed by atoms with van der Waals surface area (Å²) in [6.45, 7) is -0.0186. The zero-order chi connectivity index (χ0) is 21.3. The molecule has 3 rings (SSSR count). The Morgan fingerprint density at radius 1 is 0.933 bits per heavy atom. The number of rotatable bonds is 8. The second-order valence-corrected chi connectivity index (χ2v) is 6.31. The Balaban J connectivity index is 1.56. The summed E-state index contributed by atoms with van der Waals surface area (Å²) in [5.74, 6) is -0.771. The van der Waals surface area contributed by atoms with Crippen molar-refractivity contribution in [3.8, 4) is 5.75 Å². The van der Waals surface area contributed by atoms with Crippen LogP contribution in [0.3, 0.4) is 0 Å². The first-order valence-electron chi connectivity index (χ1n) is 9.11. The molecule has 3 aromatic rings. The number of ether oxygens (including phenoxy) is 1. The standard InChI is InChI=1S/C22H19N3O5/c26-21(15-30-20-12-5-4-11-19(20)25(28)29)24-18-10-6-9-17(13-18)22(27)23-14-16-7-2-1-3-8-16/h1-13H,14-15H2,(H,23,27)(H,24,26). The summed E-state index contributed by atoms with van der Waals surface area (Å²) in [7, 11) is 0. The topological polar surface area (TPSA) is 111 Å². The molecule has 2 amide bonds. The van der Waals surface area contributed by atoms with Crippen LogP contribution in [0.25, 0.3) is 0 Å². The van der Waals surface area contributed by atoms with E-state index in [1.54, 1.807) is 30.3 Å². The molecule has 0 saturated carbocycles. The normalized spacial score (nSPS) is 10.1. The van der Waals surface area contributed by atoms with Crippen LogP contribution < -0.4 is 15.4 Å². The Bertz CT molecular complexity index is 1050. The van der Waals surface area contributed by atoms with Gasteiger partial charge in [-0.2, -0.15) is 0 Å². The minimum Gasteiger partial charge on any atom is -0.477 e. The molecular formula is C22H19N3O5. The number of nitro groups is 1. The number of hydrogen-bond donors (Lipinski definition) is 2. The van der Waals surface area contributed by atoms with Crippen LogP contribution in [-0.4, -0.2) is 23.3 Å². The number of hydrogen-bond acceptors (Lipinski definition) is 5. The number of nitrogens with one attached hydrogen (secondary N) is 2. The lowest BCUT2D eigenvalue weighted by Gasteiger charge is -2.09. The van der Waals surface area contributed by atoms with E-state index in [1.807, 2.05) is 30.3 Å². The summed E-state index contributed by atoms with van der Waals surface area (Å²) in [6, 6.07) is 21.8. The first-order valence-corrected chi connectivity index (χ1v) is 9.11. The lowest BCUT2D eigenvalue weighted by molar-refractivity contribution is -0.385. The van der Waals surface area contributed by atoms with Crippen LogP contribution in [0.15, 0.2) is 78.9 Å². The fourth-order valence-corrected chi connectivity index (χ4v) is 2.69. The molecule has 0 heterocycles. The summed E-state index contributed by atoms with van der Waals surface area (Å²) < 4.78 is 5.26. The number of amides is 2. The van der Waals surface area contributed by atoms with Gasteiger partial charge in [0, 0.05) is 23.9 Å². The average molecular weight is 405 g/mol. The number of nitrogens with zero attached hydrogens (tertiary/aromatic N) is 1. The molecule has 152 valence electrons. The maximum Gasteiger partial charge on any atom is 0.310 e. The molecule has 0 spiro atoms. The van der Waals surface area contributed by atoms with Crippen LogP contribution in [0.4, 0.5) is 11.4 Å². The highest BCUT2D eigenvalue weighted by Gasteiger charge is 2.15. The Hall–Kier alpha value is -4.20. The lowest BCUT2D eigenvalue weighted by atomic mass is 10.1. The van der Waals surface area contributed by atoms with E-state index in [2.05, 4.69) is 10.6 Å². The Labute approximate surface area is 172 Å². The maximum atomic E-state index is 12.4. The first-order chi connectivity index (χ1) is 14.5. The highest BCUT2D eigenvalue weighted by molar-refractivity contribution is 5.97. The molecule has 0 fully saturated rings. The minimum absolute atomic E-state index is 0.00619. The summed E-state index contributed by atoms with van der Waals surface area (Å²) in [5, 5.41) is 16.4. The zero-order valence-corrected chi connectivity index (χ0v) is 15.9. The molecule has 8 nitrogen and oxygen atoms in total. The van der Waals surface area contributed by atoms with Crippen molar-refractivity contribution in [2.24, 2.45) is 0 Å². The van der Waals surface area contributed by atoms with E-state index < -0.39 is 17.4 Å². The largest absolute Gasteiger partial charge is 0.477 e. The van der Waals surface area contributed by atoms with Crippen molar-refractivity contribution in [3.05, 3.63) is 100 Å². The van der Waals surface area contributed by atoms with Crippen molar-refractivity contribution in [3.63, 3.8) is 0 Å². The van der Waals surface area contributed by atoms with Gasteiger partial charge in [-0.1, -0.05) is 48.5 Å². The van der Waals surface area contributed by atoms with Gasteiger partial charge in [0.15, 0.2) is 12.4 Å². The van der Waals surface area contributed by atoms with Crippen molar-refractivity contribution in [1.82, 2.24) is 5.32 Å². The predicted molar refractivity (Wildman–Crippen MR) is 111 cm³/mol. The van der Waals surface area contributed by atoms with Crippen LogP contribution in [0.5, 0.6) is 5.75 Å². The number of anilines is 1. The summed E-state index contributed by atoms with van der Waals surface area (Å²) >= 11 is 0. The number of benzene rings is 3. The second-order valence-electron chi connectivity index (χ2n) is 6.31. The molecule has 0 aliphatic heterocycles. The van der Waals surface area contributed by atoms with Crippen molar-refractivity contribution in [1.29, 1.82) is 0 Å². The van der Waals surface area contributed by atoms with Crippen LogP contribution in [-0.2, 0) is 11.3 Å². The predicted octanol–water partition coefficient (Wildman–Crippen LogP) is 3.54. The van der Waals surface area contributed by atoms with Gasteiger partial charge in [-0.05, 0) is 29.8 Å². The van der Waals surface area contributed by atoms with Crippen molar-refractivity contribution >= 4 is 23.2 Å². The number of carbonyl (C=O) groups excluding carboxylic acids is 2. The molecule has 0 aliphatic rings. The smallest absolute Gasteiger partial charge is 0.310 e. The fourth-order valence-electron chi connectivity index (χ4n) is 2.69. The summed E-state index contributed by atoms with van der Waals surface area (Å²) in [4.78, 5) is 34.9. The van der Waals surface area contributed by atoms with E-state index in [-0.39, 0.29) is 17.3 Å². The Kier molecular flexibility index (Phi) is 6.73. The first kappa shape index (κ1) is 20.5. The molecule has 0 bridgehead atoms. The number of carbonyl (C=O) groups is 2. The number of para-hydroxylation sites is 2. The van der Waals surface area contributed by atoms with Crippen molar-refractivity contribution in [2.45, 2.75) is 6.54 Å². The van der Waals surface area contributed by atoms with Gasteiger partial charge in [0.25, 0.3) is 11.8 Å². The van der Waals surface area contributed by atoms with E-state index in [0.717, 1.165) is 5.56 Å². The van der Waals surface area contributed by atoms with E-state index >= 15 is 0 Å². The van der Waals surface area contributed by atoms with Gasteiger partial charge < -0.3 is 15.4 Å². The summed E-state index contributed by atoms with van der Waals surface area (Å²) in [6.07, 6.45) is 0. The molecule has 0 aliphatic carbocycles. The maximum absolute atomic E-state index is 12.4. The quantitative estimate of drug-likeness (QED) is 0.440. The van der Waals surface area contributed by atoms with Gasteiger partial charge in [0.1, 0.15) is 0 Å². The van der Waals surface area contributed by atoms with Crippen LogP contribution >= 0.6 is 0 Å². The van der Waals surface area contributed by atoms with Crippen LogP contribution in [0.2, 0.25) is 0 Å². The van der Waals surface area contributed by atoms with E-state index in [4.69, 9.17) is 4.74 Å². The monoisotopic (exact) mass is 405 g/mol. The molecule has 0 radical (unpaired) electrons. The molecule has 8 heteroatoms. The van der Waals surface area contributed by atoms with Crippen molar-refractivity contribution < 1.29 is 19.2 Å². The lowest BCUT2D eigenvalue weighted by Crippen LogP contribution is -2.23. The molecule has 0 atom stereocenters. The van der Waals surface area contributed by atoms with E-state index in [0.29, 0.717) is 17.8 Å². The van der Waals surface area contributed by atoms with Gasteiger partial charge in [-0.25, -0.2) is 0 Å². The second kappa shape index (κ2) is 9.83. The molecular weight excluding hydrogens is 386 g/mol. The van der Waals surface area contributed by atoms with E-state index in [1.165, 1.54) is 18.2 Å². The SMILES string of the molecule is O=C(COc1ccccc1[N+](=O)[O-])Nc1cccc(C(=O)NCc2ccccc2)c1. The van der Waals surface area contributed by atoms with Gasteiger partial charge in [0.2, 0.25) is 0 Å². The highest BCUT2D eigenvalue weighted by Crippen LogP contribution is 2.25. The Morgan fingerprint density at radius 2 is 1.67 bits per heavy atom. The molecule has 0 aromatic heterocycles. The highest BCUT2D eigenvalue weighted by atomic mass is 16.6. The number of nitro benzene ring substituents is 1. The summed E-state index contributed by atoms with van der Waals surface area (Å²) in [5.41, 5.74) is 1.56. The minimum atomic E-state index is -0.579. The van der Waals surface area contributed by atoms with Gasteiger partial charge in [-0.3, -0.25) is 19.7 Å². The van der Waals surface area contributed by atoms with Crippen LogP contribution in [0.1, 0.15) is 15.9 Å². The molecule has 3 aromatic carbocycles. The van der Waals surface area contributed by atoms with Gasteiger partial charge in [0.05, 0.1) is 4.92 Å². The van der Waals surface area contributed by atoms with Gasteiger partial charge >= 0.3 is 5.69 Å².